The maximum absolute atomic E-state index is 13.2. The van der Waals surface area contributed by atoms with Gasteiger partial charge in [0.15, 0.2) is 0 Å². The smallest absolute Gasteiger partial charge is 0.258 e. The molecule has 4 nitrogen and oxygen atoms in total. The number of benzene rings is 2. The number of thiophene rings is 1. The van der Waals surface area contributed by atoms with Gasteiger partial charge in [-0.15, -0.1) is 11.3 Å². The highest BCUT2D eigenvalue weighted by Crippen LogP contribution is 2.37. The highest BCUT2D eigenvalue weighted by Gasteiger charge is 2.24. The van der Waals surface area contributed by atoms with Crippen LogP contribution in [-0.2, 0) is 6.42 Å². The molecule has 2 aromatic carbocycles. The SMILES string of the molecule is Cc1ccc(C)c(C(=O)Nc2ccc(C(=O)N3CCCCc4sc(Cl)cc43)cc2)c1. The number of halogens is 1. The zero-order chi connectivity index (χ0) is 21.3. The monoisotopic (exact) mass is 438 g/mol. The minimum atomic E-state index is -0.152. The van der Waals surface area contributed by atoms with Crippen molar-refractivity contribution in [1.29, 1.82) is 0 Å². The van der Waals surface area contributed by atoms with Crippen molar-refractivity contribution in [1.82, 2.24) is 0 Å². The van der Waals surface area contributed by atoms with E-state index in [1.807, 2.05) is 43.0 Å². The Morgan fingerprint density at radius 3 is 2.57 bits per heavy atom. The molecule has 2 heterocycles. The van der Waals surface area contributed by atoms with Gasteiger partial charge >= 0.3 is 0 Å². The summed E-state index contributed by atoms with van der Waals surface area (Å²) in [6, 6.07) is 14.8. The van der Waals surface area contributed by atoms with Crippen molar-refractivity contribution in [2.75, 3.05) is 16.8 Å². The van der Waals surface area contributed by atoms with Crippen molar-refractivity contribution in [3.8, 4) is 0 Å². The van der Waals surface area contributed by atoms with Gasteiger partial charge < -0.3 is 10.2 Å². The van der Waals surface area contributed by atoms with Crippen LogP contribution < -0.4 is 10.2 Å². The van der Waals surface area contributed by atoms with E-state index in [1.165, 1.54) is 4.88 Å². The van der Waals surface area contributed by atoms with E-state index < -0.39 is 0 Å². The van der Waals surface area contributed by atoms with E-state index >= 15 is 0 Å². The molecule has 6 heteroatoms. The lowest BCUT2D eigenvalue weighted by Gasteiger charge is -2.21. The van der Waals surface area contributed by atoms with Gasteiger partial charge in [-0.2, -0.15) is 0 Å². The van der Waals surface area contributed by atoms with Crippen molar-refractivity contribution >= 4 is 46.1 Å². The lowest BCUT2D eigenvalue weighted by molar-refractivity contribution is 0.0985. The minimum Gasteiger partial charge on any atom is -0.322 e. The summed E-state index contributed by atoms with van der Waals surface area (Å²) < 4.78 is 0.712. The number of hydrogen-bond acceptors (Lipinski definition) is 3. The van der Waals surface area contributed by atoms with Gasteiger partial charge in [-0.3, -0.25) is 9.59 Å². The summed E-state index contributed by atoms with van der Waals surface area (Å²) in [7, 11) is 0. The summed E-state index contributed by atoms with van der Waals surface area (Å²) in [5.74, 6) is -0.194. The van der Waals surface area contributed by atoms with Crippen LogP contribution in [0.15, 0.2) is 48.5 Å². The lowest BCUT2D eigenvalue weighted by atomic mass is 10.0. The summed E-state index contributed by atoms with van der Waals surface area (Å²) in [4.78, 5) is 28.8. The molecule has 1 N–H and O–H groups in total. The highest BCUT2D eigenvalue weighted by atomic mass is 35.5. The highest BCUT2D eigenvalue weighted by molar-refractivity contribution is 7.16. The fourth-order valence-electron chi connectivity index (χ4n) is 3.71. The first-order chi connectivity index (χ1) is 14.4. The van der Waals surface area contributed by atoms with Gasteiger partial charge in [-0.1, -0.05) is 29.3 Å². The molecule has 1 aliphatic rings. The fraction of sp³-hybridized carbons (Fsp3) is 0.250. The molecule has 0 aliphatic carbocycles. The number of amides is 2. The van der Waals surface area contributed by atoms with Crippen LogP contribution in [0, 0.1) is 13.8 Å². The molecule has 2 amide bonds. The number of carbonyl (C=O) groups is 2. The Morgan fingerprint density at radius 2 is 1.80 bits per heavy atom. The Morgan fingerprint density at radius 1 is 1.03 bits per heavy atom. The van der Waals surface area contributed by atoms with Crippen LogP contribution in [0.5, 0.6) is 0 Å². The lowest BCUT2D eigenvalue weighted by Crippen LogP contribution is -2.31. The number of fused-ring (bicyclic) bond motifs is 1. The summed E-state index contributed by atoms with van der Waals surface area (Å²) in [6.07, 6.45) is 2.98. The van der Waals surface area contributed by atoms with Gasteiger partial charge in [-0.05, 0) is 75.1 Å². The van der Waals surface area contributed by atoms with Crippen LogP contribution in [0.3, 0.4) is 0 Å². The molecule has 154 valence electrons. The van der Waals surface area contributed by atoms with E-state index in [4.69, 9.17) is 11.6 Å². The first kappa shape index (κ1) is 20.6. The average Bonchev–Trinajstić information content (AvgIpc) is 2.99. The quantitative estimate of drug-likeness (QED) is 0.525. The van der Waals surface area contributed by atoms with E-state index in [-0.39, 0.29) is 11.8 Å². The number of rotatable bonds is 3. The first-order valence-corrected chi connectivity index (χ1v) is 11.2. The number of aryl methyl sites for hydroxylation is 3. The number of nitrogens with one attached hydrogen (secondary N) is 1. The second-order valence-electron chi connectivity index (χ2n) is 7.62. The molecule has 4 rings (SSSR count). The number of hydrogen-bond donors (Lipinski definition) is 1. The van der Waals surface area contributed by atoms with E-state index in [0.717, 1.165) is 36.1 Å². The predicted molar refractivity (Wildman–Crippen MR) is 124 cm³/mol. The van der Waals surface area contributed by atoms with Crippen LogP contribution in [0.25, 0.3) is 0 Å². The second-order valence-corrected chi connectivity index (χ2v) is 9.39. The van der Waals surface area contributed by atoms with Gasteiger partial charge in [0.2, 0.25) is 0 Å². The third-order valence-corrected chi connectivity index (χ3v) is 6.67. The maximum atomic E-state index is 13.2. The molecular weight excluding hydrogens is 416 g/mol. The molecule has 0 saturated heterocycles. The predicted octanol–water partition coefficient (Wildman–Crippen LogP) is 6.25. The molecule has 0 unspecified atom stereocenters. The van der Waals surface area contributed by atoms with Gasteiger partial charge in [-0.25, -0.2) is 0 Å². The molecule has 0 bridgehead atoms. The molecule has 0 radical (unpaired) electrons. The Bertz CT molecular complexity index is 1100. The largest absolute Gasteiger partial charge is 0.322 e. The first-order valence-electron chi connectivity index (χ1n) is 10.0. The summed E-state index contributed by atoms with van der Waals surface area (Å²) >= 11 is 7.75. The van der Waals surface area contributed by atoms with E-state index in [9.17, 15) is 9.59 Å². The van der Waals surface area contributed by atoms with Gasteiger partial charge in [0, 0.05) is 28.2 Å². The third-order valence-electron chi connectivity index (χ3n) is 5.36. The van der Waals surface area contributed by atoms with E-state index in [0.29, 0.717) is 27.7 Å². The molecule has 0 spiro atoms. The van der Waals surface area contributed by atoms with Crippen molar-refractivity contribution in [2.24, 2.45) is 0 Å². The molecule has 1 aromatic heterocycles. The third kappa shape index (κ3) is 4.27. The second kappa shape index (κ2) is 8.62. The van der Waals surface area contributed by atoms with Crippen LogP contribution in [-0.4, -0.2) is 18.4 Å². The van der Waals surface area contributed by atoms with Gasteiger partial charge in [0.25, 0.3) is 11.8 Å². The fourth-order valence-corrected chi connectivity index (χ4v) is 5.02. The standard InChI is InChI=1S/C24H23ClN2O2S/c1-15-6-7-16(2)19(13-15)23(28)26-18-10-8-17(9-11-18)24(29)27-12-4-3-5-21-20(27)14-22(25)30-21/h6-11,13-14H,3-5,12H2,1-2H3,(H,26,28). The number of anilines is 2. The van der Waals surface area contributed by atoms with Gasteiger partial charge in [0.1, 0.15) is 0 Å². The topological polar surface area (TPSA) is 49.4 Å². The minimum absolute atomic E-state index is 0.0416. The Kier molecular flexibility index (Phi) is 5.93. The zero-order valence-corrected chi connectivity index (χ0v) is 18.6. The number of nitrogens with zero attached hydrogens (tertiary/aromatic N) is 1. The van der Waals surface area contributed by atoms with Crippen LogP contribution >= 0.6 is 22.9 Å². The Labute approximate surface area is 185 Å². The normalized spacial score (nSPS) is 13.5. The van der Waals surface area contributed by atoms with Crippen molar-refractivity contribution in [3.05, 3.63) is 80.0 Å². The molecule has 1 aliphatic heterocycles. The Hall–Kier alpha value is -2.63. The molecular formula is C24H23ClN2O2S. The van der Waals surface area contributed by atoms with Crippen molar-refractivity contribution in [2.45, 2.75) is 33.1 Å². The molecule has 3 aromatic rings. The summed E-state index contributed by atoms with van der Waals surface area (Å²) in [5.41, 5.74) is 4.80. The maximum Gasteiger partial charge on any atom is 0.258 e. The van der Waals surface area contributed by atoms with Gasteiger partial charge in [0.05, 0.1) is 10.0 Å². The molecule has 0 atom stereocenters. The van der Waals surface area contributed by atoms with Crippen LogP contribution in [0.2, 0.25) is 4.34 Å². The van der Waals surface area contributed by atoms with Crippen molar-refractivity contribution in [3.63, 3.8) is 0 Å². The van der Waals surface area contributed by atoms with E-state index in [1.54, 1.807) is 35.6 Å². The van der Waals surface area contributed by atoms with E-state index in [2.05, 4.69) is 5.32 Å². The zero-order valence-electron chi connectivity index (χ0n) is 17.0. The van der Waals surface area contributed by atoms with Crippen LogP contribution in [0.4, 0.5) is 11.4 Å². The molecule has 30 heavy (non-hydrogen) atoms. The Balaban J connectivity index is 1.51. The number of carbonyl (C=O) groups excluding carboxylic acids is 2. The summed E-state index contributed by atoms with van der Waals surface area (Å²) in [6.45, 7) is 4.57. The average molecular weight is 439 g/mol. The van der Waals surface area contributed by atoms with Crippen LogP contribution in [0.1, 0.15) is 49.6 Å². The van der Waals surface area contributed by atoms with Crippen molar-refractivity contribution < 1.29 is 9.59 Å². The molecule has 0 saturated carbocycles. The summed E-state index contributed by atoms with van der Waals surface area (Å²) in [5, 5.41) is 2.92. The molecule has 0 fully saturated rings.